The Hall–Kier alpha value is -1.13. The highest BCUT2D eigenvalue weighted by Crippen LogP contribution is 2.22. The van der Waals surface area contributed by atoms with Gasteiger partial charge in [-0.2, -0.15) is 0 Å². The van der Waals surface area contributed by atoms with Crippen LogP contribution in [0.2, 0.25) is 5.02 Å². The van der Waals surface area contributed by atoms with E-state index in [0.29, 0.717) is 12.1 Å². The van der Waals surface area contributed by atoms with Crippen LogP contribution in [0.25, 0.3) is 0 Å². The van der Waals surface area contributed by atoms with Gasteiger partial charge in [-0.3, -0.25) is 10.1 Å². The Morgan fingerprint density at radius 3 is 2.94 bits per heavy atom. The first kappa shape index (κ1) is 11.4. The third-order valence-corrected chi connectivity index (χ3v) is 2.88. The first-order valence-electron chi connectivity index (χ1n) is 5.06. The van der Waals surface area contributed by atoms with Gasteiger partial charge in [-0.25, -0.2) is 4.39 Å². The summed E-state index contributed by atoms with van der Waals surface area (Å²) in [4.78, 5) is 11.6. The molecule has 16 heavy (non-hydrogen) atoms. The van der Waals surface area contributed by atoms with Gasteiger partial charge >= 0.3 is 0 Å². The van der Waals surface area contributed by atoms with E-state index in [4.69, 9.17) is 11.6 Å². The maximum absolute atomic E-state index is 13.3. The number of hydrogen-bond donors (Lipinski definition) is 2. The summed E-state index contributed by atoms with van der Waals surface area (Å²) in [5.41, 5.74) is 0.589. The summed E-state index contributed by atoms with van der Waals surface area (Å²) in [5, 5.41) is 5.93. The molecule has 1 aliphatic heterocycles. The largest absolute Gasteiger partial charge is 0.353 e. The molecule has 0 bridgehead atoms. The molecule has 1 amide bonds. The van der Waals surface area contributed by atoms with E-state index in [1.165, 1.54) is 12.1 Å². The van der Waals surface area contributed by atoms with E-state index in [-0.39, 0.29) is 17.0 Å². The number of hydrogen-bond acceptors (Lipinski definition) is 2. The normalized spacial score (nSPS) is 25.3. The molecule has 5 heteroatoms. The smallest absolute Gasteiger partial charge is 0.241 e. The summed E-state index contributed by atoms with van der Waals surface area (Å²) >= 11 is 5.59. The minimum atomic E-state index is -0.507. The van der Waals surface area contributed by atoms with Gasteiger partial charge in [-0.1, -0.05) is 17.7 Å². The van der Waals surface area contributed by atoms with Crippen molar-refractivity contribution in [3.63, 3.8) is 0 Å². The molecule has 1 fully saturated rings. The summed E-state index contributed by atoms with van der Waals surface area (Å²) in [7, 11) is 0. The molecule has 1 aliphatic rings. The number of rotatable bonds is 1. The van der Waals surface area contributed by atoms with Crippen molar-refractivity contribution in [3.8, 4) is 0 Å². The van der Waals surface area contributed by atoms with Gasteiger partial charge in [0.2, 0.25) is 5.91 Å². The SMILES string of the molecule is CC1CNC(=O)C(c2ccc(Cl)c(F)c2)N1. The Labute approximate surface area is 98.0 Å². The molecule has 3 nitrogen and oxygen atoms in total. The highest BCUT2D eigenvalue weighted by molar-refractivity contribution is 6.30. The van der Waals surface area contributed by atoms with E-state index >= 15 is 0 Å². The molecular weight excluding hydrogens is 231 g/mol. The maximum Gasteiger partial charge on any atom is 0.241 e. The van der Waals surface area contributed by atoms with Crippen LogP contribution in [0.15, 0.2) is 18.2 Å². The number of benzene rings is 1. The van der Waals surface area contributed by atoms with Crippen molar-refractivity contribution in [2.75, 3.05) is 6.54 Å². The fraction of sp³-hybridized carbons (Fsp3) is 0.364. The Balaban J connectivity index is 2.28. The summed E-state index contributed by atoms with van der Waals surface area (Å²) in [5.74, 6) is -0.646. The van der Waals surface area contributed by atoms with Gasteiger partial charge in [0.15, 0.2) is 0 Å². The minimum absolute atomic E-state index is 0.0630. The molecule has 2 rings (SSSR count). The van der Waals surface area contributed by atoms with E-state index in [9.17, 15) is 9.18 Å². The molecule has 1 saturated heterocycles. The van der Waals surface area contributed by atoms with Crippen molar-refractivity contribution >= 4 is 17.5 Å². The topological polar surface area (TPSA) is 41.1 Å². The average Bonchev–Trinajstić information content (AvgIpc) is 2.26. The fourth-order valence-electron chi connectivity index (χ4n) is 1.71. The van der Waals surface area contributed by atoms with Crippen LogP contribution in [-0.4, -0.2) is 18.5 Å². The van der Waals surface area contributed by atoms with E-state index in [1.54, 1.807) is 6.07 Å². The van der Waals surface area contributed by atoms with Crippen molar-refractivity contribution in [3.05, 3.63) is 34.6 Å². The second-order valence-electron chi connectivity index (χ2n) is 3.92. The van der Waals surface area contributed by atoms with Crippen LogP contribution in [0.5, 0.6) is 0 Å². The predicted octanol–water partition coefficient (Wildman–Crippen LogP) is 1.63. The summed E-state index contributed by atoms with van der Waals surface area (Å²) in [6.45, 7) is 2.55. The van der Waals surface area contributed by atoms with E-state index in [1.807, 2.05) is 6.92 Å². The van der Waals surface area contributed by atoms with Crippen molar-refractivity contribution in [2.24, 2.45) is 0 Å². The molecule has 2 N–H and O–H groups in total. The lowest BCUT2D eigenvalue weighted by molar-refractivity contribution is -0.125. The third-order valence-electron chi connectivity index (χ3n) is 2.57. The summed E-state index contributed by atoms with van der Waals surface area (Å²) in [6.07, 6.45) is 0. The highest BCUT2D eigenvalue weighted by atomic mass is 35.5. The number of carbonyl (C=O) groups is 1. The molecule has 2 unspecified atom stereocenters. The Morgan fingerprint density at radius 2 is 2.25 bits per heavy atom. The molecule has 0 spiro atoms. The van der Waals surface area contributed by atoms with Crippen LogP contribution in [0.1, 0.15) is 18.5 Å². The van der Waals surface area contributed by atoms with Crippen LogP contribution in [0.4, 0.5) is 4.39 Å². The molecular formula is C11H12ClFN2O. The Kier molecular flexibility index (Phi) is 3.12. The van der Waals surface area contributed by atoms with E-state index in [2.05, 4.69) is 10.6 Å². The average molecular weight is 243 g/mol. The van der Waals surface area contributed by atoms with Gasteiger partial charge in [-0.05, 0) is 24.6 Å². The van der Waals surface area contributed by atoms with Crippen LogP contribution in [-0.2, 0) is 4.79 Å². The van der Waals surface area contributed by atoms with Gasteiger partial charge in [0.25, 0.3) is 0 Å². The lowest BCUT2D eigenvalue weighted by Gasteiger charge is -2.29. The quantitative estimate of drug-likeness (QED) is 0.786. The van der Waals surface area contributed by atoms with Crippen molar-refractivity contribution in [1.29, 1.82) is 0 Å². The third kappa shape index (κ3) is 2.18. The monoisotopic (exact) mass is 242 g/mol. The van der Waals surface area contributed by atoms with E-state index < -0.39 is 11.9 Å². The van der Waals surface area contributed by atoms with E-state index in [0.717, 1.165) is 0 Å². The van der Waals surface area contributed by atoms with Crippen molar-refractivity contribution in [1.82, 2.24) is 10.6 Å². The first-order valence-corrected chi connectivity index (χ1v) is 5.44. The number of piperazine rings is 1. The Bertz CT molecular complexity index is 424. The molecule has 2 atom stereocenters. The van der Waals surface area contributed by atoms with Crippen LogP contribution in [0, 0.1) is 5.82 Å². The van der Waals surface area contributed by atoms with Gasteiger partial charge < -0.3 is 5.32 Å². The number of amides is 1. The number of nitrogens with one attached hydrogen (secondary N) is 2. The molecule has 0 aromatic heterocycles. The maximum atomic E-state index is 13.3. The predicted molar refractivity (Wildman–Crippen MR) is 59.8 cm³/mol. The Morgan fingerprint density at radius 1 is 1.50 bits per heavy atom. The number of halogens is 2. The minimum Gasteiger partial charge on any atom is -0.353 e. The molecule has 1 aromatic carbocycles. The summed E-state index contributed by atoms with van der Waals surface area (Å²) < 4.78 is 13.3. The van der Waals surface area contributed by atoms with Gasteiger partial charge in [0.1, 0.15) is 11.9 Å². The van der Waals surface area contributed by atoms with Crippen molar-refractivity contribution < 1.29 is 9.18 Å². The molecule has 0 radical (unpaired) electrons. The molecule has 1 aromatic rings. The lowest BCUT2D eigenvalue weighted by atomic mass is 10.0. The molecule has 0 aliphatic carbocycles. The zero-order chi connectivity index (χ0) is 11.7. The van der Waals surface area contributed by atoms with Gasteiger partial charge in [0, 0.05) is 12.6 Å². The zero-order valence-corrected chi connectivity index (χ0v) is 9.51. The fourth-order valence-corrected chi connectivity index (χ4v) is 1.83. The van der Waals surface area contributed by atoms with Crippen LogP contribution >= 0.6 is 11.6 Å². The van der Waals surface area contributed by atoms with Crippen LogP contribution in [0.3, 0.4) is 0 Å². The standard InChI is InChI=1S/C11H12ClFN2O/c1-6-5-14-11(16)10(15-6)7-2-3-8(12)9(13)4-7/h2-4,6,10,15H,5H2,1H3,(H,14,16). The second kappa shape index (κ2) is 4.39. The molecule has 1 heterocycles. The summed E-state index contributed by atoms with van der Waals surface area (Å²) in [6, 6.07) is 4.07. The van der Waals surface area contributed by atoms with Crippen molar-refractivity contribution in [2.45, 2.75) is 19.0 Å². The highest BCUT2D eigenvalue weighted by Gasteiger charge is 2.27. The second-order valence-corrected chi connectivity index (χ2v) is 4.33. The molecule has 0 saturated carbocycles. The first-order chi connectivity index (χ1) is 7.58. The number of carbonyl (C=O) groups excluding carboxylic acids is 1. The molecule has 86 valence electrons. The van der Waals surface area contributed by atoms with Gasteiger partial charge in [-0.15, -0.1) is 0 Å². The van der Waals surface area contributed by atoms with Gasteiger partial charge in [0.05, 0.1) is 5.02 Å². The van der Waals surface area contributed by atoms with Crippen LogP contribution < -0.4 is 10.6 Å². The zero-order valence-electron chi connectivity index (χ0n) is 8.76. The lowest BCUT2D eigenvalue weighted by Crippen LogP contribution is -2.52.